The molecule has 1 rings (SSSR count). The summed E-state index contributed by atoms with van der Waals surface area (Å²) in [6.07, 6.45) is -4.25. The smallest absolute Gasteiger partial charge is 0.384 e. The van der Waals surface area contributed by atoms with Gasteiger partial charge in [0.05, 0.1) is 17.0 Å². The van der Waals surface area contributed by atoms with Gasteiger partial charge in [-0.15, -0.1) is 0 Å². The maximum Gasteiger partial charge on any atom is 0.390 e. The molecule has 1 aromatic rings. The maximum absolute atomic E-state index is 11.8. The lowest BCUT2D eigenvalue weighted by atomic mass is 10.2. The Kier molecular flexibility index (Phi) is 4.17. The monoisotopic (exact) mass is 267 g/mol. The minimum atomic E-state index is -4.31. The van der Waals surface area contributed by atoms with Crippen LogP contribution < -0.4 is 11.1 Å². The van der Waals surface area contributed by atoms with Gasteiger partial charge in [0.1, 0.15) is 5.82 Å². The Morgan fingerprint density at radius 1 is 1.53 bits per heavy atom. The Bertz CT molecular complexity index is 422. The van der Waals surface area contributed by atoms with Crippen LogP contribution in [0.5, 0.6) is 0 Å². The van der Waals surface area contributed by atoms with Crippen molar-refractivity contribution in [3.05, 3.63) is 22.8 Å². The molecule has 0 unspecified atom stereocenters. The number of nitrogens with one attached hydrogen (secondary N) is 1. The number of rotatable bonds is 3. The van der Waals surface area contributed by atoms with Gasteiger partial charge in [0.25, 0.3) is 5.91 Å². The number of nitrogens with two attached hydrogens (primary N) is 1. The second-order valence-electron chi connectivity index (χ2n) is 3.21. The van der Waals surface area contributed by atoms with Crippen molar-refractivity contribution in [2.45, 2.75) is 12.6 Å². The Morgan fingerprint density at radius 3 is 2.76 bits per heavy atom. The van der Waals surface area contributed by atoms with Crippen molar-refractivity contribution >= 4 is 23.3 Å². The van der Waals surface area contributed by atoms with Crippen LogP contribution in [-0.2, 0) is 0 Å². The van der Waals surface area contributed by atoms with Gasteiger partial charge in [0.15, 0.2) is 0 Å². The Balaban J connectivity index is 2.61. The molecule has 0 aliphatic heterocycles. The Hall–Kier alpha value is -1.50. The molecular weight excluding hydrogens is 259 g/mol. The predicted molar refractivity (Wildman–Crippen MR) is 56.7 cm³/mol. The lowest BCUT2D eigenvalue weighted by Gasteiger charge is -2.08. The van der Waals surface area contributed by atoms with Crippen molar-refractivity contribution in [3.8, 4) is 0 Å². The SMILES string of the molecule is Nc1cc(C(=O)NCCC(F)(F)F)c(Cl)cn1. The first-order chi connectivity index (χ1) is 7.79. The fraction of sp³-hybridized carbons (Fsp3) is 0.333. The van der Waals surface area contributed by atoms with Gasteiger partial charge in [-0.05, 0) is 6.07 Å². The first-order valence-electron chi connectivity index (χ1n) is 4.55. The third-order valence-electron chi connectivity index (χ3n) is 1.82. The average Bonchev–Trinajstić information content (AvgIpc) is 2.19. The molecule has 0 aliphatic carbocycles. The molecule has 0 saturated heterocycles. The number of nitrogens with zero attached hydrogens (tertiary/aromatic N) is 1. The molecule has 0 saturated carbocycles. The fourth-order valence-corrected chi connectivity index (χ4v) is 1.23. The highest BCUT2D eigenvalue weighted by Crippen LogP contribution is 2.19. The molecule has 0 spiro atoms. The number of carbonyl (C=O) groups excluding carboxylic acids is 1. The second-order valence-corrected chi connectivity index (χ2v) is 3.62. The van der Waals surface area contributed by atoms with Gasteiger partial charge >= 0.3 is 6.18 Å². The highest BCUT2D eigenvalue weighted by Gasteiger charge is 2.26. The molecule has 0 radical (unpaired) electrons. The van der Waals surface area contributed by atoms with Gasteiger partial charge in [-0.3, -0.25) is 4.79 Å². The molecule has 8 heteroatoms. The number of anilines is 1. The lowest BCUT2D eigenvalue weighted by Crippen LogP contribution is -2.28. The normalized spacial score (nSPS) is 11.3. The summed E-state index contributed by atoms with van der Waals surface area (Å²) in [7, 11) is 0. The van der Waals surface area contributed by atoms with Gasteiger partial charge in [0.2, 0.25) is 0 Å². The van der Waals surface area contributed by atoms with Crippen LogP contribution in [0.15, 0.2) is 12.3 Å². The lowest BCUT2D eigenvalue weighted by molar-refractivity contribution is -0.132. The fourth-order valence-electron chi connectivity index (χ4n) is 1.04. The molecule has 0 aliphatic rings. The van der Waals surface area contributed by atoms with Gasteiger partial charge in [0, 0.05) is 12.7 Å². The summed E-state index contributed by atoms with van der Waals surface area (Å²) in [5.41, 5.74) is 5.33. The number of pyridine rings is 1. The predicted octanol–water partition coefficient (Wildman–Crippen LogP) is 2.00. The van der Waals surface area contributed by atoms with E-state index < -0.39 is 25.0 Å². The zero-order chi connectivity index (χ0) is 13.1. The third-order valence-corrected chi connectivity index (χ3v) is 2.12. The molecule has 0 aromatic carbocycles. The van der Waals surface area contributed by atoms with Crippen molar-refractivity contribution in [1.82, 2.24) is 10.3 Å². The van der Waals surface area contributed by atoms with E-state index in [1.807, 2.05) is 0 Å². The molecule has 1 aromatic heterocycles. The van der Waals surface area contributed by atoms with E-state index in [0.717, 1.165) is 6.20 Å². The summed E-state index contributed by atoms with van der Waals surface area (Å²) < 4.78 is 35.5. The quantitative estimate of drug-likeness (QED) is 0.880. The van der Waals surface area contributed by atoms with E-state index in [4.69, 9.17) is 17.3 Å². The summed E-state index contributed by atoms with van der Waals surface area (Å²) in [5, 5.41) is 2.13. The zero-order valence-electron chi connectivity index (χ0n) is 8.51. The van der Waals surface area contributed by atoms with Crippen LogP contribution in [0.3, 0.4) is 0 Å². The topological polar surface area (TPSA) is 68.0 Å². The van der Waals surface area contributed by atoms with Gasteiger partial charge < -0.3 is 11.1 Å². The molecule has 4 nitrogen and oxygen atoms in total. The summed E-state index contributed by atoms with van der Waals surface area (Å²) >= 11 is 5.66. The third kappa shape index (κ3) is 4.48. The van der Waals surface area contributed by atoms with Crippen molar-refractivity contribution < 1.29 is 18.0 Å². The number of hydrogen-bond donors (Lipinski definition) is 2. The number of halogens is 4. The summed E-state index contributed by atoms with van der Waals surface area (Å²) in [6, 6.07) is 1.20. The van der Waals surface area contributed by atoms with Crippen molar-refractivity contribution in [2.24, 2.45) is 0 Å². The van der Waals surface area contributed by atoms with E-state index in [0.29, 0.717) is 0 Å². The molecule has 0 fully saturated rings. The second kappa shape index (κ2) is 5.22. The van der Waals surface area contributed by atoms with Crippen LogP contribution in [-0.4, -0.2) is 23.6 Å². The maximum atomic E-state index is 11.8. The van der Waals surface area contributed by atoms with Crippen LogP contribution in [0.4, 0.5) is 19.0 Å². The average molecular weight is 268 g/mol. The standard InChI is InChI=1S/C9H9ClF3N3O/c10-6-4-16-7(14)3-5(6)8(17)15-2-1-9(11,12)13/h3-4H,1-2H2,(H2,14,16)(H,15,17). The van der Waals surface area contributed by atoms with E-state index in [1.54, 1.807) is 0 Å². The summed E-state index contributed by atoms with van der Waals surface area (Å²) in [4.78, 5) is 15.1. The molecule has 3 N–H and O–H groups in total. The van der Waals surface area contributed by atoms with Crippen molar-refractivity contribution in [3.63, 3.8) is 0 Å². The molecule has 17 heavy (non-hydrogen) atoms. The van der Waals surface area contributed by atoms with E-state index in [1.165, 1.54) is 6.07 Å². The van der Waals surface area contributed by atoms with E-state index in [2.05, 4.69) is 10.3 Å². The number of hydrogen-bond acceptors (Lipinski definition) is 3. The minimum absolute atomic E-state index is 0.00124. The number of aromatic nitrogens is 1. The summed E-state index contributed by atoms with van der Waals surface area (Å²) in [6.45, 7) is -0.513. The van der Waals surface area contributed by atoms with Gasteiger partial charge in [-0.25, -0.2) is 4.98 Å². The molecule has 1 amide bonds. The number of amides is 1. The molecular formula is C9H9ClF3N3O. The van der Waals surface area contributed by atoms with Crippen molar-refractivity contribution in [2.75, 3.05) is 12.3 Å². The van der Waals surface area contributed by atoms with E-state index in [-0.39, 0.29) is 16.4 Å². The largest absolute Gasteiger partial charge is 0.390 e. The Morgan fingerprint density at radius 2 is 2.18 bits per heavy atom. The molecule has 1 heterocycles. The summed E-state index contributed by atoms with van der Waals surface area (Å²) in [5.74, 6) is -0.649. The number of nitrogen functional groups attached to an aromatic ring is 1. The van der Waals surface area contributed by atoms with Crippen LogP contribution in [0.1, 0.15) is 16.8 Å². The highest BCUT2D eigenvalue weighted by atomic mass is 35.5. The number of alkyl halides is 3. The van der Waals surface area contributed by atoms with Crippen LogP contribution in [0.2, 0.25) is 5.02 Å². The van der Waals surface area contributed by atoms with Crippen molar-refractivity contribution in [1.29, 1.82) is 0 Å². The molecule has 0 atom stereocenters. The first-order valence-corrected chi connectivity index (χ1v) is 4.93. The van der Waals surface area contributed by atoms with Gasteiger partial charge in [-0.1, -0.05) is 11.6 Å². The van der Waals surface area contributed by atoms with Crippen LogP contribution in [0.25, 0.3) is 0 Å². The molecule has 94 valence electrons. The number of carbonyl (C=O) groups is 1. The van der Waals surface area contributed by atoms with Crippen LogP contribution in [0, 0.1) is 0 Å². The van der Waals surface area contributed by atoms with Gasteiger partial charge in [-0.2, -0.15) is 13.2 Å². The molecule has 0 bridgehead atoms. The highest BCUT2D eigenvalue weighted by molar-refractivity contribution is 6.33. The van der Waals surface area contributed by atoms with Crippen LogP contribution >= 0.6 is 11.6 Å². The Labute approximate surface area is 100.0 Å². The van der Waals surface area contributed by atoms with E-state index in [9.17, 15) is 18.0 Å². The first kappa shape index (κ1) is 13.6. The minimum Gasteiger partial charge on any atom is -0.384 e. The van der Waals surface area contributed by atoms with E-state index >= 15 is 0 Å². The zero-order valence-corrected chi connectivity index (χ0v) is 9.27.